The molecule has 1 saturated heterocycles. The van der Waals surface area contributed by atoms with E-state index < -0.39 is 0 Å². The Morgan fingerprint density at radius 1 is 1.12 bits per heavy atom. The van der Waals surface area contributed by atoms with Crippen LogP contribution in [0.5, 0.6) is 0 Å². The zero-order valence-electron chi connectivity index (χ0n) is 14.7. The van der Waals surface area contributed by atoms with E-state index in [0.717, 1.165) is 42.7 Å². The molecular formula is C22H24N2O. The van der Waals surface area contributed by atoms with Crippen molar-refractivity contribution in [3.8, 4) is 11.8 Å². The van der Waals surface area contributed by atoms with Crippen molar-refractivity contribution in [1.29, 1.82) is 0 Å². The Labute approximate surface area is 150 Å². The Morgan fingerprint density at radius 2 is 1.88 bits per heavy atom. The highest BCUT2D eigenvalue weighted by atomic mass is 16.2. The smallest absolute Gasteiger partial charge is 0.321 e. The minimum atomic E-state index is -0.00804. The van der Waals surface area contributed by atoms with Crippen LogP contribution in [-0.2, 0) is 0 Å². The van der Waals surface area contributed by atoms with Gasteiger partial charge in [-0.15, -0.1) is 0 Å². The number of amides is 2. The molecule has 1 atom stereocenters. The number of rotatable bonds is 2. The number of hydrogen-bond donors (Lipinski definition) is 1. The quantitative estimate of drug-likeness (QED) is 0.792. The first kappa shape index (κ1) is 17.1. The van der Waals surface area contributed by atoms with Gasteiger partial charge < -0.3 is 10.2 Å². The topological polar surface area (TPSA) is 32.3 Å². The first-order valence-corrected chi connectivity index (χ1v) is 8.97. The van der Waals surface area contributed by atoms with E-state index in [2.05, 4.69) is 24.1 Å². The number of nitrogens with one attached hydrogen (secondary N) is 1. The van der Waals surface area contributed by atoms with Gasteiger partial charge in [0.15, 0.2) is 0 Å². The van der Waals surface area contributed by atoms with Crippen molar-refractivity contribution in [2.75, 3.05) is 18.4 Å². The van der Waals surface area contributed by atoms with Crippen LogP contribution in [0.3, 0.4) is 0 Å². The second kappa shape index (κ2) is 8.39. The molecule has 1 aliphatic heterocycles. The van der Waals surface area contributed by atoms with Crippen molar-refractivity contribution < 1.29 is 4.79 Å². The fraction of sp³-hybridized carbons (Fsp3) is 0.318. The maximum Gasteiger partial charge on any atom is 0.321 e. The van der Waals surface area contributed by atoms with Gasteiger partial charge >= 0.3 is 6.03 Å². The number of nitrogens with zero attached hydrogens (tertiary/aromatic N) is 1. The molecule has 3 rings (SSSR count). The van der Waals surface area contributed by atoms with Gasteiger partial charge in [0.1, 0.15) is 0 Å². The molecule has 0 aromatic heterocycles. The van der Waals surface area contributed by atoms with Crippen LogP contribution in [0.15, 0.2) is 54.6 Å². The number of likely N-dealkylation sites (tertiary alicyclic amines) is 1. The average molecular weight is 332 g/mol. The van der Waals surface area contributed by atoms with Gasteiger partial charge in [0, 0.05) is 29.9 Å². The molecule has 1 fully saturated rings. The van der Waals surface area contributed by atoms with Gasteiger partial charge in [-0.05, 0) is 49.1 Å². The SMILES string of the molecule is CCC1CCCN(C(=O)Nc2cccc(C#Cc3ccccc3)c2)C1. The Morgan fingerprint density at radius 3 is 2.68 bits per heavy atom. The first-order valence-electron chi connectivity index (χ1n) is 8.97. The van der Waals surface area contributed by atoms with Crippen molar-refractivity contribution in [2.45, 2.75) is 26.2 Å². The summed E-state index contributed by atoms with van der Waals surface area (Å²) in [4.78, 5) is 14.4. The predicted octanol–water partition coefficient (Wildman–Crippen LogP) is 4.74. The highest BCUT2D eigenvalue weighted by Gasteiger charge is 2.22. The van der Waals surface area contributed by atoms with Gasteiger partial charge in [0.2, 0.25) is 0 Å². The molecule has 1 aliphatic rings. The molecule has 2 amide bonds. The molecule has 25 heavy (non-hydrogen) atoms. The molecule has 0 radical (unpaired) electrons. The molecule has 0 bridgehead atoms. The summed E-state index contributed by atoms with van der Waals surface area (Å²) in [5, 5.41) is 3.01. The summed E-state index contributed by atoms with van der Waals surface area (Å²) in [6.07, 6.45) is 3.45. The molecule has 0 saturated carbocycles. The lowest BCUT2D eigenvalue weighted by atomic mass is 9.96. The highest BCUT2D eigenvalue weighted by Crippen LogP contribution is 2.20. The zero-order chi connectivity index (χ0) is 17.5. The van der Waals surface area contributed by atoms with Crippen LogP contribution >= 0.6 is 0 Å². The lowest BCUT2D eigenvalue weighted by molar-refractivity contribution is 0.176. The van der Waals surface area contributed by atoms with Crippen LogP contribution in [0.2, 0.25) is 0 Å². The molecule has 2 aromatic carbocycles. The zero-order valence-corrected chi connectivity index (χ0v) is 14.7. The van der Waals surface area contributed by atoms with E-state index in [0.29, 0.717) is 5.92 Å². The van der Waals surface area contributed by atoms with Gasteiger partial charge in [-0.2, -0.15) is 0 Å². The van der Waals surface area contributed by atoms with Crippen LogP contribution in [0.1, 0.15) is 37.3 Å². The number of hydrogen-bond acceptors (Lipinski definition) is 1. The Hall–Kier alpha value is -2.73. The molecule has 2 aromatic rings. The number of anilines is 1. The molecule has 0 spiro atoms. The van der Waals surface area contributed by atoms with Gasteiger partial charge in [-0.25, -0.2) is 4.79 Å². The minimum absolute atomic E-state index is 0.00804. The Bertz CT molecular complexity index is 773. The summed E-state index contributed by atoms with van der Waals surface area (Å²) in [5.74, 6) is 6.93. The van der Waals surface area contributed by atoms with Crippen molar-refractivity contribution >= 4 is 11.7 Å². The van der Waals surface area contributed by atoms with Crippen LogP contribution < -0.4 is 5.32 Å². The van der Waals surface area contributed by atoms with E-state index in [9.17, 15) is 4.79 Å². The fourth-order valence-corrected chi connectivity index (χ4v) is 3.13. The molecule has 1 unspecified atom stereocenters. The number of carbonyl (C=O) groups is 1. The Balaban J connectivity index is 1.65. The third-order valence-electron chi connectivity index (χ3n) is 4.62. The summed E-state index contributed by atoms with van der Waals surface area (Å²) in [6.45, 7) is 3.90. The van der Waals surface area contributed by atoms with Crippen LogP contribution in [-0.4, -0.2) is 24.0 Å². The molecule has 0 aliphatic carbocycles. The maximum absolute atomic E-state index is 12.5. The summed E-state index contributed by atoms with van der Waals surface area (Å²) >= 11 is 0. The van der Waals surface area contributed by atoms with Crippen LogP contribution in [0.25, 0.3) is 0 Å². The molecule has 3 nitrogen and oxygen atoms in total. The van der Waals surface area contributed by atoms with Gasteiger partial charge in [0.05, 0.1) is 0 Å². The van der Waals surface area contributed by atoms with E-state index >= 15 is 0 Å². The van der Waals surface area contributed by atoms with Crippen LogP contribution in [0.4, 0.5) is 10.5 Å². The van der Waals surface area contributed by atoms with E-state index in [-0.39, 0.29) is 6.03 Å². The second-order valence-electron chi connectivity index (χ2n) is 6.49. The molecular weight excluding hydrogens is 308 g/mol. The van der Waals surface area contributed by atoms with Gasteiger partial charge in [-0.1, -0.05) is 49.5 Å². The monoisotopic (exact) mass is 332 g/mol. The maximum atomic E-state index is 12.5. The number of urea groups is 1. The molecule has 128 valence electrons. The normalized spacial score (nSPS) is 16.7. The fourth-order valence-electron chi connectivity index (χ4n) is 3.13. The molecule has 3 heteroatoms. The van der Waals surface area contributed by atoms with Crippen molar-refractivity contribution in [3.05, 3.63) is 65.7 Å². The predicted molar refractivity (Wildman–Crippen MR) is 102 cm³/mol. The summed E-state index contributed by atoms with van der Waals surface area (Å²) < 4.78 is 0. The van der Waals surface area contributed by atoms with E-state index in [4.69, 9.17) is 0 Å². The molecule has 1 heterocycles. The standard InChI is InChI=1S/C22H24N2O/c1-2-18-11-7-15-24(17-18)22(25)23-21-12-6-10-20(16-21)14-13-19-8-4-3-5-9-19/h3-6,8-10,12,16,18H,2,7,11,15,17H2,1H3,(H,23,25). The van der Waals surface area contributed by atoms with Crippen molar-refractivity contribution in [3.63, 3.8) is 0 Å². The summed E-state index contributed by atoms with van der Waals surface area (Å²) in [7, 11) is 0. The average Bonchev–Trinajstić information content (AvgIpc) is 2.67. The number of piperidine rings is 1. The first-order chi connectivity index (χ1) is 12.2. The second-order valence-corrected chi connectivity index (χ2v) is 6.49. The summed E-state index contributed by atoms with van der Waals surface area (Å²) in [6, 6.07) is 17.6. The van der Waals surface area contributed by atoms with Gasteiger partial charge in [-0.3, -0.25) is 0 Å². The van der Waals surface area contributed by atoms with Crippen molar-refractivity contribution in [1.82, 2.24) is 4.90 Å². The summed E-state index contributed by atoms with van der Waals surface area (Å²) in [5.41, 5.74) is 2.67. The largest absolute Gasteiger partial charge is 0.324 e. The lowest BCUT2D eigenvalue weighted by Crippen LogP contribution is -2.42. The third-order valence-corrected chi connectivity index (χ3v) is 4.62. The highest BCUT2D eigenvalue weighted by molar-refractivity contribution is 5.89. The Kier molecular flexibility index (Phi) is 5.74. The van der Waals surface area contributed by atoms with Crippen LogP contribution in [0, 0.1) is 17.8 Å². The van der Waals surface area contributed by atoms with Crippen molar-refractivity contribution in [2.24, 2.45) is 5.92 Å². The minimum Gasteiger partial charge on any atom is -0.324 e. The van der Waals surface area contributed by atoms with E-state index in [1.807, 2.05) is 59.5 Å². The van der Waals surface area contributed by atoms with Gasteiger partial charge in [0.25, 0.3) is 0 Å². The lowest BCUT2D eigenvalue weighted by Gasteiger charge is -2.32. The van der Waals surface area contributed by atoms with E-state index in [1.165, 1.54) is 6.42 Å². The number of carbonyl (C=O) groups excluding carboxylic acids is 1. The number of benzene rings is 2. The third kappa shape index (κ3) is 4.87. The molecule has 1 N–H and O–H groups in total. The van der Waals surface area contributed by atoms with E-state index in [1.54, 1.807) is 0 Å².